The van der Waals surface area contributed by atoms with Crippen LogP contribution < -0.4 is 10.1 Å². The van der Waals surface area contributed by atoms with Gasteiger partial charge in [-0.2, -0.15) is 0 Å². The van der Waals surface area contributed by atoms with Crippen molar-refractivity contribution >= 4 is 23.4 Å². The van der Waals surface area contributed by atoms with Crippen LogP contribution in [0.25, 0.3) is 0 Å². The SMILES string of the molecule is COc1ccccc1NC(=O)COCC(C)(C)N1C(=O)c2ccccc2C1=O. The van der Waals surface area contributed by atoms with Gasteiger partial charge in [0.05, 0.1) is 36.1 Å². The third-order valence-electron chi connectivity index (χ3n) is 4.47. The quantitative estimate of drug-likeness (QED) is 0.745. The molecule has 1 aliphatic rings. The number of nitrogens with one attached hydrogen (secondary N) is 1. The topological polar surface area (TPSA) is 84.9 Å². The van der Waals surface area contributed by atoms with Crippen LogP contribution in [0.1, 0.15) is 34.6 Å². The van der Waals surface area contributed by atoms with Crippen LogP contribution in [0.15, 0.2) is 48.5 Å². The average molecular weight is 382 g/mol. The number of anilines is 1. The monoisotopic (exact) mass is 382 g/mol. The number of imide groups is 1. The second-order valence-electron chi connectivity index (χ2n) is 7.04. The molecule has 0 aliphatic carbocycles. The van der Waals surface area contributed by atoms with Crippen molar-refractivity contribution in [2.24, 2.45) is 0 Å². The molecule has 0 atom stereocenters. The first-order chi connectivity index (χ1) is 13.3. The Morgan fingerprint density at radius 2 is 1.57 bits per heavy atom. The highest BCUT2D eigenvalue weighted by atomic mass is 16.5. The van der Waals surface area contributed by atoms with Crippen LogP contribution in [-0.2, 0) is 9.53 Å². The molecule has 0 unspecified atom stereocenters. The largest absolute Gasteiger partial charge is 0.495 e. The molecule has 0 saturated heterocycles. The molecule has 3 rings (SSSR count). The number of ether oxygens (including phenoxy) is 2. The molecule has 1 heterocycles. The van der Waals surface area contributed by atoms with Gasteiger partial charge in [-0.05, 0) is 38.1 Å². The van der Waals surface area contributed by atoms with Gasteiger partial charge in [0.2, 0.25) is 5.91 Å². The van der Waals surface area contributed by atoms with Gasteiger partial charge in [-0.1, -0.05) is 24.3 Å². The van der Waals surface area contributed by atoms with Gasteiger partial charge in [0.25, 0.3) is 11.8 Å². The molecule has 7 heteroatoms. The molecule has 0 radical (unpaired) electrons. The number of carbonyl (C=O) groups is 3. The Labute approximate surface area is 163 Å². The summed E-state index contributed by atoms with van der Waals surface area (Å²) < 4.78 is 10.7. The molecule has 28 heavy (non-hydrogen) atoms. The molecular weight excluding hydrogens is 360 g/mol. The molecule has 3 amide bonds. The van der Waals surface area contributed by atoms with Gasteiger partial charge >= 0.3 is 0 Å². The predicted molar refractivity (Wildman–Crippen MR) is 103 cm³/mol. The second-order valence-corrected chi connectivity index (χ2v) is 7.04. The van der Waals surface area contributed by atoms with E-state index in [1.165, 1.54) is 12.0 Å². The molecule has 2 aromatic carbocycles. The van der Waals surface area contributed by atoms with Crippen LogP contribution in [-0.4, -0.2) is 48.5 Å². The Kier molecular flexibility index (Phi) is 5.46. The van der Waals surface area contributed by atoms with E-state index in [1.54, 1.807) is 62.4 Å². The highest BCUT2D eigenvalue weighted by molar-refractivity contribution is 6.21. The number of fused-ring (bicyclic) bond motifs is 1. The summed E-state index contributed by atoms with van der Waals surface area (Å²) >= 11 is 0. The Bertz CT molecular complexity index is 888. The first-order valence-electron chi connectivity index (χ1n) is 8.83. The molecule has 0 bridgehead atoms. The standard InChI is InChI=1S/C21H22N2O5/c1-21(2,23-19(25)14-8-4-5-9-15(14)20(23)26)13-28-12-18(24)22-16-10-6-7-11-17(16)27-3/h4-11H,12-13H2,1-3H3,(H,22,24). The normalized spacial score (nSPS) is 13.5. The van der Waals surface area contributed by atoms with Crippen LogP contribution in [0, 0.1) is 0 Å². The van der Waals surface area contributed by atoms with E-state index in [2.05, 4.69) is 5.32 Å². The Morgan fingerprint density at radius 1 is 1.00 bits per heavy atom. The van der Waals surface area contributed by atoms with E-state index < -0.39 is 5.54 Å². The predicted octanol–water partition coefficient (Wildman–Crippen LogP) is 2.73. The van der Waals surface area contributed by atoms with Crippen LogP contribution in [0.5, 0.6) is 5.75 Å². The molecular formula is C21H22N2O5. The lowest BCUT2D eigenvalue weighted by molar-refractivity contribution is -0.121. The van der Waals surface area contributed by atoms with Crippen LogP contribution >= 0.6 is 0 Å². The van der Waals surface area contributed by atoms with Gasteiger partial charge in [-0.15, -0.1) is 0 Å². The second kappa shape index (κ2) is 7.82. The first kappa shape index (κ1) is 19.6. The lowest BCUT2D eigenvalue weighted by Crippen LogP contribution is -2.50. The summed E-state index contributed by atoms with van der Waals surface area (Å²) in [5.74, 6) is -0.523. The summed E-state index contributed by atoms with van der Waals surface area (Å²) in [4.78, 5) is 38.6. The minimum absolute atomic E-state index is 0.0256. The van der Waals surface area contributed by atoms with E-state index in [9.17, 15) is 14.4 Å². The fourth-order valence-corrected chi connectivity index (χ4v) is 3.13. The van der Waals surface area contributed by atoms with E-state index in [0.29, 0.717) is 22.6 Å². The minimum atomic E-state index is -0.905. The van der Waals surface area contributed by atoms with E-state index in [-0.39, 0.29) is 30.9 Å². The van der Waals surface area contributed by atoms with Crippen molar-refractivity contribution < 1.29 is 23.9 Å². The zero-order valence-corrected chi connectivity index (χ0v) is 16.0. The minimum Gasteiger partial charge on any atom is -0.495 e. The molecule has 0 spiro atoms. The van der Waals surface area contributed by atoms with Gasteiger partial charge < -0.3 is 14.8 Å². The molecule has 0 aromatic heterocycles. The highest BCUT2D eigenvalue weighted by Crippen LogP contribution is 2.29. The molecule has 1 aliphatic heterocycles. The van der Waals surface area contributed by atoms with Crippen LogP contribution in [0.4, 0.5) is 5.69 Å². The average Bonchev–Trinajstić information content (AvgIpc) is 2.93. The summed E-state index contributed by atoms with van der Waals surface area (Å²) in [6, 6.07) is 13.8. The van der Waals surface area contributed by atoms with Crippen molar-refractivity contribution in [2.75, 3.05) is 25.6 Å². The smallest absolute Gasteiger partial charge is 0.262 e. The fourth-order valence-electron chi connectivity index (χ4n) is 3.13. The van der Waals surface area contributed by atoms with E-state index in [0.717, 1.165) is 0 Å². The lowest BCUT2D eigenvalue weighted by Gasteiger charge is -2.33. The maximum absolute atomic E-state index is 12.6. The number of hydrogen-bond donors (Lipinski definition) is 1. The molecule has 0 saturated carbocycles. The number of methoxy groups -OCH3 is 1. The molecule has 146 valence electrons. The number of benzene rings is 2. The van der Waals surface area contributed by atoms with E-state index in [4.69, 9.17) is 9.47 Å². The summed E-state index contributed by atoms with van der Waals surface area (Å²) in [5.41, 5.74) is 0.403. The van der Waals surface area contributed by atoms with Crippen molar-refractivity contribution in [1.82, 2.24) is 4.90 Å². The third kappa shape index (κ3) is 3.75. The number of para-hydroxylation sites is 2. The number of nitrogens with zero attached hydrogens (tertiary/aromatic N) is 1. The van der Waals surface area contributed by atoms with E-state index in [1.807, 2.05) is 0 Å². The Balaban J connectivity index is 1.59. The maximum Gasteiger partial charge on any atom is 0.262 e. The van der Waals surface area contributed by atoms with Crippen LogP contribution in [0.2, 0.25) is 0 Å². The van der Waals surface area contributed by atoms with Gasteiger partial charge in [0, 0.05) is 0 Å². The fraction of sp³-hybridized carbons (Fsp3) is 0.286. The molecule has 2 aromatic rings. The Morgan fingerprint density at radius 3 is 2.18 bits per heavy atom. The molecule has 0 fully saturated rings. The van der Waals surface area contributed by atoms with Crippen molar-refractivity contribution in [3.63, 3.8) is 0 Å². The van der Waals surface area contributed by atoms with Crippen LogP contribution in [0.3, 0.4) is 0 Å². The first-order valence-corrected chi connectivity index (χ1v) is 8.83. The number of hydrogen-bond acceptors (Lipinski definition) is 5. The number of rotatable bonds is 7. The summed E-state index contributed by atoms with van der Waals surface area (Å²) in [6.45, 7) is 3.27. The van der Waals surface area contributed by atoms with Crippen molar-refractivity contribution in [1.29, 1.82) is 0 Å². The lowest BCUT2D eigenvalue weighted by atomic mass is 10.0. The number of carbonyl (C=O) groups excluding carboxylic acids is 3. The summed E-state index contributed by atoms with van der Waals surface area (Å²) in [5, 5.41) is 2.71. The summed E-state index contributed by atoms with van der Waals surface area (Å²) in [6.07, 6.45) is 0. The molecule has 1 N–H and O–H groups in total. The molecule has 7 nitrogen and oxygen atoms in total. The van der Waals surface area contributed by atoms with Crippen molar-refractivity contribution in [3.05, 3.63) is 59.7 Å². The van der Waals surface area contributed by atoms with E-state index >= 15 is 0 Å². The van der Waals surface area contributed by atoms with Gasteiger partial charge in [0.15, 0.2) is 0 Å². The summed E-state index contributed by atoms with van der Waals surface area (Å²) in [7, 11) is 1.52. The van der Waals surface area contributed by atoms with Crippen molar-refractivity contribution in [3.8, 4) is 5.75 Å². The highest BCUT2D eigenvalue weighted by Gasteiger charge is 2.44. The Hall–Kier alpha value is -3.19. The maximum atomic E-state index is 12.6. The third-order valence-corrected chi connectivity index (χ3v) is 4.47. The van der Waals surface area contributed by atoms with Crippen molar-refractivity contribution in [2.45, 2.75) is 19.4 Å². The van der Waals surface area contributed by atoms with Gasteiger partial charge in [0.1, 0.15) is 12.4 Å². The zero-order chi connectivity index (χ0) is 20.3. The number of amides is 3. The van der Waals surface area contributed by atoms with Gasteiger partial charge in [-0.25, -0.2) is 0 Å². The van der Waals surface area contributed by atoms with Gasteiger partial charge in [-0.3, -0.25) is 19.3 Å². The zero-order valence-electron chi connectivity index (χ0n) is 16.0.